The largest absolute Gasteiger partial charge is 0.340 e. The molecule has 5 nitrogen and oxygen atoms in total. The summed E-state index contributed by atoms with van der Waals surface area (Å²) in [7, 11) is 0. The van der Waals surface area contributed by atoms with Gasteiger partial charge in [0, 0.05) is 31.4 Å². The van der Waals surface area contributed by atoms with Gasteiger partial charge in [0.05, 0.1) is 10.0 Å². The number of benzene rings is 1. The fourth-order valence-electron chi connectivity index (χ4n) is 3.03. The highest BCUT2D eigenvalue weighted by molar-refractivity contribution is 6.42. The molecule has 22 heavy (non-hydrogen) atoms. The highest BCUT2D eigenvalue weighted by Gasteiger charge is 2.41. The van der Waals surface area contributed by atoms with E-state index >= 15 is 0 Å². The fourth-order valence-corrected chi connectivity index (χ4v) is 3.32. The van der Waals surface area contributed by atoms with Crippen LogP contribution in [-0.4, -0.2) is 42.4 Å². The van der Waals surface area contributed by atoms with Crippen LogP contribution in [0.3, 0.4) is 0 Å². The van der Waals surface area contributed by atoms with Crippen LogP contribution in [-0.2, 0) is 9.59 Å². The van der Waals surface area contributed by atoms with Crippen LogP contribution in [0.2, 0.25) is 10.0 Å². The summed E-state index contributed by atoms with van der Waals surface area (Å²) in [6, 6.07) is 5.07. The first-order chi connectivity index (χ1) is 10.5. The molecule has 0 bridgehead atoms. The second-order valence-electron chi connectivity index (χ2n) is 5.76. The lowest BCUT2D eigenvalue weighted by molar-refractivity contribution is -0.139. The second kappa shape index (κ2) is 6.07. The van der Waals surface area contributed by atoms with E-state index in [4.69, 9.17) is 28.9 Å². The van der Waals surface area contributed by atoms with Gasteiger partial charge < -0.3 is 15.5 Å². The lowest BCUT2D eigenvalue weighted by Gasteiger charge is -2.20. The number of halogens is 2. The highest BCUT2D eigenvalue weighted by Crippen LogP contribution is 2.32. The summed E-state index contributed by atoms with van der Waals surface area (Å²) in [5.41, 5.74) is 6.50. The lowest BCUT2D eigenvalue weighted by Crippen LogP contribution is -2.40. The zero-order valence-electron chi connectivity index (χ0n) is 12.0. The molecule has 2 N–H and O–H groups in total. The van der Waals surface area contributed by atoms with Crippen LogP contribution in [0.15, 0.2) is 18.2 Å². The van der Waals surface area contributed by atoms with E-state index < -0.39 is 5.92 Å². The maximum atomic E-state index is 12.6. The Labute approximate surface area is 138 Å². The summed E-state index contributed by atoms with van der Waals surface area (Å²) in [5, 5.41) is 0.836. The number of likely N-dealkylation sites (tertiary alicyclic amines) is 1. The smallest absolute Gasteiger partial charge is 0.239 e. The van der Waals surface area contributed by atoms with Crippen LogP contribution in [0.5, 0.6) is 0 Å². The number of rotatable bonds is 2. The molecule has 2 aliphatic heterocycles. The molecule has 2 fully saturated rings. The average molecular weight is 342 g/mol. The third kappa shape index (κ3) is 2.81. The number of anilines is 1. The van der Waals surface area contributed by atoms with Crippen molar-refractivity contribution in [1.29, 1.82) is 0 Å². The van der Waals surface area contributed by atoms with Crippen molar-refractivity contribution in [3.05, 3.63) is 28.2 Å². The van der Waals surface area contributed by atoms with Gasteiger partial charge in [0.1, 0.15) is 5.92 Å². The SMILES string of the molecule is N[C@H]1CCN(C(=O)C2CCN(c3ccc(Cl)c(Cl)c3)C2=O)C1. The van der Waals surface area contributed by atoms with Gasteiger partial charge in [-0.15, -0.1) is 0 Å². The minimum absolute atomic E-state index is 0.0200. The van der Waals surface area contributed by atoms with Crippen LogP contribution < -0.4 is 10.6 Å². The minimum Gasteiger partial charge on any atom is -0.340 e. The molecule has 7 heteroatoms. The Kier molecular flexibility index (Phi) is 4.30. The van der Waals surface area contributed by atoms with Crippen LogP contribution in [0.25, 0.3) is 0 Å². The Morgan fingerprint density at radius 2 is 1.95 bits per heavy atom. The Hall–Kier alpha value is -1.30. The monoisotopic (exact) mass is 341 g/mol. The van der Waals surface area contributed by atoms with Crippen molar-refractivity contribution in [3.8, 4) is 0 Å². The molecule has 118 valence electrons. The molecule has 1 aromatic carbocycles. The minimum atomic E-state index is -0.611. The van der Waals surface area contributed by atoms with Crippen molar-refractivity contribution in [3.63, 3.8) is 0 Å². The summed E-state index contributed by atoms with van der Waals surface area (Å²) in [5.74, 6) is -0.899. The summed E-state index contributed by atoms with van der Waals surface area (Å²) in [4.78, 5) is 28.3. The van der Waals surface area contributed by atoms with Crippen LogP contribution in [0.1, 0.15) is 12.8 Å². The van der Waals surface area contributed by atoms with Crippen molar-refractivity contribution in [2.75, 3.05) is 24.5 Å². The van der Waals surface area contributed by atoms with Gasteiger partial charge in [0.25, 0.3) is 0 Å². The standard InChI is InChI=1S/C15H17Cl2N3O2/c16-12-2-1-10(7-13(12)17)20-6-4-11(15(20)22)14(21)19-5-3-9(18)8-19/h1-2,7,9,11H,3-6,8,18H2/t9-,11?/m0/s1. The molecular formula is C15H17Cl2N3O2. The van der Waals surface area contributed by atoms with E-state index in [1.807, 2.05) is 0 Å². The summed E-state index contributed by atoms with van der Waals surface area (Å²) < 4.78 is 0. The first kappa shape index (κ1) is 15.6. The van der Waals surface area contributed by atoms with Crippen LogP contribution in [0.4, 0.5) is 5.69 Å². The number of hydrogen-bond donors (Lipinski definition) is 1. The van der Waals surface area contributed by atoms with Gasteiger partial charge >= 0.3 is 0 Å². The molecule has 0 aliphatic carbocycles. The van der Waals surface area contributed by atoms with Crippen molar-refractivity contribution in [2.45, 2.75) is 18.9 Å². The van der Waals surface area contributed by atoms with E-state index in [0.717, 1.165) is 6.42 Å². The molecule has 2 amide bonds. The molecule has 1 aromatic rings. The fraction of sp³-hybridized carbons (Fsp3) is 0.467. The van der Waals surface area contributed by atoms with E-state index in [0.29, 0.717) is 41.8 Å². The van der Waals surface area contributed by atoms with E-state index in [9.17, 15) is 9.59 Å². The normalized spacial score (nSPS) is 25.1. The first-order valence-corrected chi connectivity index (χ1v) is 8.04. The Morgan fingerprint density at radius 3 is 2.59 bits per heavy atom. The molecule has 0 saturated carbocycles. The van der Waals surface area contributed by atoms with E-state index in [1.165, 1.54) is 0 Å². The van der Waals surface area contributed by atoms with Gasteiger partial charge in [-0.1, -0.05) is 23.2 Å². The first-order valence-electron chi connectivity index (χ1n) is 7.28. The summed E-state index contributed by atoms with van der Waals surface area (Å²) >= 11 is 11.9. The van der Waals surface area contributed by atoms with Gasteiger partial charge in [0.2, 0.25) is 11.8 Å². The third-order valence-electron chi connectivity index (χ3n) is 4.25. The maximum Gasteiger partial charge on any atom is 0.239 e. The Balaban J connectivity index is 1.74. The number of nitrogens with zero attached hydrogens (tertiary/aromatic N) is 2. The maximum absolute atomic E-state index is 12.6. The van der Waals surface area contributed by atoms with Gasteiger partial charge in [-0.25, -0.2) is 0 Å². The lowest BCUT2D eigenvalue weighted by atomic mass is 10.1. The van der Waals surface area contributed by atoms with Crippen LogP contribution >= 0.6 is 23.2 Å². The van der Waals surface area contributed by atoms with Gasteiger partial charge in [-0.2, -0.15) is 0 Å². The van der Waals surface area contributed by atoms with Gasteiger partial charge in [0.15, 0.2) is 0 Å². The quantitative estimate of drug-likeness (QED) is 0.835. The zero-order valence-corrected chi connectivity index (χ0v) is 13.5. The molecule has 2 atom stereocenters. The molecule has 2 aliphatic rings. The van der Waals surface area contributed by atoms with E-state index in [1.54, 1.807) is 28.0 Å². The molecule has 1 unspecified atom stereocenters. The molecule has 3 rings (SSSR count). The predicted molar refractivity (Wildman–Crippen MR) is 86.1 cm³/mol. The third-order valence-corrected chi connectivity index (χ3v) is 4.99. The molecule has 0 aromatic heterocycles. The molecule has 2 saturated heterocycles. The van der Waals surface area contributed by atoms with Crippen molar-refractivity contribution in [1.82, 2.24) is 4.90 Å². The average Bonchev–Trinajstić information content (AvgIpc) is 3.08. The van der Waals surface area contributed by atoms with Crippen molar-refractivity contribution < 1.29 is 9.59 Å². The number of carbonyl (C=O) groups is 2. The summed E-state index contributed by atoms with van der Waals surface area (Å²) in [6.07, 6.45) is 1.31. The van der Waals surface area contributed by atoms with Crippen molar-refractivity contribution in [2.24, 2.45) is 11.7 Å². The molecule has 0 spiro atoms. The predicted octanol–water partition coefficient (Wildman–Crippen LogP) is 1.91. The summed E-state index contributed by atoms with van der Waals surface area (Å²) in [6.45, 7) is 1.68. The highest BCUT2D eigenvalue weighted by atomic mass is 35.5. The zero-order chi connectivity index (χ0) is 15.9. The topological polar surface area (TPSA) is 66.6 Å². The Morgan fingerprint density at radius 1 is 1.18 bits per heavy atom. The number of nitrogens with two attached hydrogens (primary N) is 1. The van der Waals surface area contributed by atoms with Gasteiger partial charge in [-0.05, 0) is 31.0 Å². The number of carbonyl (C=O) groups excluding carboxylic acids is 2. The van der Waals surface area contributed by atoms with Crippen molar-refractivity contribution >= 4 is 40.7 Å². The van der Waals surface area contributed by atoms with E-state index in [-0.39, 0.29) is 17.9 Å². The molecule has 2 heterocycles. The van der Waals surface area contributed by atoms with E-state index in [2.05, 4.69) is 0 Å². The number of hydrogen-bond acceptors (Lipinski definition) is 3. The second-order valence-corrected chi connectivity index (χ2v) is 6.58. The molecular weight excluding hydrogens is 325 g/mol. The molecule has 0 radical (unpaired) electrons. The number of amides is 2. The van der Waals surface area contributed by atoms with Crippen LogP contribution in [0, 0.1) is 5.92 Å². The van der Waals surface area contributed by atoms with Gasteiger partial charge in [-0.3, -0.25) is 9.59 Å². The Bertz CT molecular complexity index is 623.